The zero-order valence-corrected chi connectivity index (χ0v) is 10.0. The number of aliphatic hydroxyl groups excluding tert-OH is 1. The fourth-order valence-corrected chi connectivity index (χ4v) is 1.72. The molecule has 0 aromatic carbocycles. The fourth-order valence-electron chi connectivity index (χ4n) is 1.22. The Morgan fingerprint density at radius 1 is 1.53 bits per heavy atom. The van der Waals surface area contributed by atoms with Crippen LogP contribution in [0.3, 0.4) is 0 Å². The van der Waals surface area contributed by atoms with Crippen LogP contribution >= 0.6 is 23.2 Å². The summed E-state index contributed by atoms with van der Waals surface area (Å²) in [5, 5.41) is 9.97. The van der Waals surface area contributed by atoms with Crippen molar-refractivity contribution in [3.63, 3.8) is 0 Å². The fraction of sp³-hybridized carbons (Fsp3) is 0.444. The smallest absolute Gasteiger partial charge is 0.149 e. The van der Waals surface area contributed by atoms with Gasteiger partial charge in [0.15, 0.2) is 0 Å². The molecule has 1 aromatic heterocycles. The average molecular weight is 250 g/mol. The van der Waals surface area contributed by atoms with Crippen LogP contribution in [0, 0.1) is 0 Å². The summed E-state index contributed by atoms with van der Waals surface area (Å²) in [6.07, 6.45) is -0.468. The SMILES string of the molecule is CC(O)CN(C)c1nc(N)c(Cl)cc1Cl. The average Bonchev–Trinajstić information content (AvgIpc) is 2.09. The molecule has 1 rings (SSSR count). The molecule has 0 saturated heterocycles. The van der Waals surface area contributed by atoms with Crippen LogP contribution in [0.1, 0.15) is 6.92 Å². The Labute approximate surface area is 98.6 Å². The normalized spacial score (nSPS) is 12.6. The zero-order chi connectivity index (χ0) is 11.6. The Bertz CT molecular complexity index is 357. The van der Waals surface area contributed by atoms with E-state index in [2.05, 4.69) is 4.98 Å². The van der Waals surface area contributed by atoms with Crippen LogP contribution in [0.15, 0.2) is 6.07 Å². The maximum absolute atomic E-state index is 9.23. The molecule has 0 saturated carbocycles. The van der Waals surface area contributed by atoms with Crippen molar-refractivity contribution < 1.29 is 5.11 Å². The number of rotatable bonds is 3. The Morgan fingerprint density at radius 3 is 2.67 bits per heavy atom. The van der Waals surface area contributed by atoms with Gasteiger partial charge in [-0.25, -0.2) is 4.98 Å². The number of pyridine rings is 1. The van der Waals surface area contributed by atoms with Crippen LogP contribution in [0.2, 0.25) is 10.0 Å². The Balaban J connectivity index is 2.98. The highest BCUT2D eigenvalue weighted by Crippen LogP contribution is 2.29. The highest BCUT2D eigenvalue weighted by Gasteiger charge is 2.12. The molecule has 0 amide bonds. The third-order valence-corrected chi connectivity index (χ3v) is 2.42. The molecule has 15 heavy (non-hydrogen) atoms. The van der Waals surface area contributed by atoms with Crippen LogP contribution in [0.4, 0.5) is 11.6 Å². The van der Waals surface area contributed by atoms with Gasteiger partial charge >= 0.3 is 0 Å². The maximum atomic E-state index is 9.23. The number of anilines is 2. The van der Waals surface area contributed by atoms with Gasteiger partial charge in [0.25, 0.3) is 0 Å². The molecule has 1 heterocycles. The minimum atomic E-state index is -0.468. The monoisotopic (exact) mass is 249 g/mol. The molecule has 0 bridgehead atoms. The number of likely N-dealkylation sites (N-methyl/N-ethyl adjacent to an activating group) is 1. The van der Waals surface area contributed by atoms with Crippen molar-refractivity contribution in [1.82, 2.24) is 4.98 Å². The summed E-state index contributed by atoms with van der Waals surface area (Å²) in [4.78, 5) is 5.78. The van der Waals surface area contributed by atoms with E-state index in [1.54, 1.807) is 24.9 Å². The summed E-state index contributed by atoms with van der Waals surface area (Å²) in [5.41, 5.74) is 5.57. The lowest BCUT2D eigenvalue weighted by Crippen LogP contribution is -2.28. The second-order valence-corrected chi connectivity index (χ2v) is 4.20. The van der Waals surface area contributed by atoms with Gasteiger partial charge in [-0.05, 0) is 13.0 Å². The highest BCUT2D eigenvalue weighted by atomic mass is 35.5. The number of aromatic nitrogens is 1. The number of hydrogen-bond acceptors (Lipinski definition) is 4. The minimum absolute atomic E-state index is 0.230. The summed E-state index contributed by atoms with van der Waals surface area (Å²) in [6.45, 7) is 2.11. The molecule has 0 spiro atoms. The third-order valence-electron chi connectivity index (χ3n) is 1.84. The number of nitrogens with zero attached hydrogens (tertiary/aromatic N) is 2. The van der Waals surface area contributed by atoms with E-state index in [0.29, 0.717) is 22.4 Å². The molecule has 1 atom stereocenters. The number of nitrogen functional groups attached to an aromatic ring is 1. The first-order valence-corrected chi connectivity index (χ1v) is 5.18. The number of hydrogen-bond donors (Lipinski definition) is 2. The van der Waals surface area contributed by atoms with Crippen molar-refractivity contribution in [1.29, 1.82) is 0 Å². The quantitative estimate of drug-likeness (QED) is 0.858. The van der Waals surface area contributed by atoms with Crippen molar-refractivity contribution in [2.24, 2.45) is 0 Å². The van der Waals surface area contributed by atoms with Crippen molar-refractivity contribution in [3.05, 3.63) is 16.1 Å². The van der Waals surface area contributed by atoms with Crippen molar-refractivity contribution in [2.75, 3.05) is 24.2 Å². The summed E-state index contributed by atoms with van der Waals surface area (Å²) in [6, 6.07) is 1.54. The maximum Gasteiger partial charge on any atom is 0.149 e. The molecular formula is C9H13Cl2N3O. The predicted octanol–water partition coefficient (Wildman–Crippen LogP) is 1.79. The number of aliphatic hydroxyl groups is 1. The molecule has 6 heteroatoms. The van der Waals surface area contributed by atoms with E-state index in [1.165, 1.54) is 0 Å². The largest absolute Gasteiger partial charge is 0.392 e. The summed E-state index contributed by atoms with van der Waals surface area (Å²) in [7, 11) is 1.77. The van der Waals surface area contributed by atoms with Crippen LogP contribution in [-0.4, -0.2) is 29.8 Å². The number of nitrogens with two attached hydrogens (primary N) is 1. The lowest BCUT2D eigenvalue weighted by atomic mass is 10.3. The van der Waals surface area contributed by atoms with Gasteiger partial charge in [0.05, 0.1) is 16.1 Å². The first kappa shape index (κ1) is 12.4. The van der Waals surface area contributed by atoms with Crippen LogP contribution in [0.5, 0.6) is 0 Å². The highest BCUT2D eigenvalue weighted by molar-refractivity contribution is 6.37. The van der Waals surface area contributed by atoms with Crippen LogP contribution < -0.4 is 10.6 Å². The zero-order valence-electron chi connectivity index (χ0n) is 8.54. The van der Waals surface area contributed by atoms with E-state index in [4.69, 9.17) is 28.9 Å². The second kappa shape index (κ2) is 4.88. The van der Waals surface area contributed by atoms with E-state index < -0.39 is 6.10 Å². The Morgan fingerprint density at radius 2 is 2.13 bits per heavy atom. The predicted molar refractivity (Wildman–Crippen MR) is 63.6 cm³/mol. The standard InChI is InChI=1S/C9H13Cl2N3O/c1-5(15)4-14(2)9-7(11)3-6(10)8(12)13-9/h3,5,15H,4H2,1-2H3,(H2,12,13). The third kappa shape index (κ3) is 3.12. The first-order chi connectivity index (χ1) is 6.91. The van der Waals surface area contributed by atoms with Crippen molar-refractivity contribution >= 4 is 34.8 Å². The molecule has 0 aliphatic carbocycles. The lowest BCUT2D eigenvalue weighted by molar-refractivity contribution is 0.201. The molecule has 0 aliphatic rings. The van der Waals surface area contributed by atoms with Crippen LogP contribution in [0.25, 0.3) is 0 Å². The Hall–Kier alpha value is -0.710. The molecule has 84 valence electrons. The topological polar surface area (TPSA) is 62.4 Å². The van der Waals surface area contributed by atoms with Crippen LogP contribution in [-0.2, 0) is 0 Å². The van der Waals surface area contributed by atoms with Gasteiger partial charge in [0.1, 0.15) is 11.6 Å². The molecule has 0 fully saturated rings. The van der Waals surface area contributed by atoms with Crippen molar-refractivity contribution in [2.45, 2.75) is 13.0 Å². The van der Waals surface area contributed by atoms with E-state index in [0.717, 1.165) is 0 Å². The van der Waals surface area contributed by atoms with E-state index in [-0.39, 0.29) is 5.82 Å². The van der Waals surface area contributed by atoms with E-state index in [9.17, 15) is 5.11 Å². The van der Waals surface area contributed by atoms with Gasteiger partial charge < -0.3 is 15.7 Å². The Kier molecular flexibility index (Phi) is 4.02. The minimum Gasteiger partial charge on any atom is -0.392 e. The summed E-state index contributed by atoms with van der Waals surface area (Å²) < 4.78 is 0. The first-order valence-electron chi connectivity index (χ1n) is 4.42. The van der Waals surface area contributed by atoms with Gasteiger partial charge in [-0.15, -0.1) is 0 Å². The van der Waals surface area contributed by atoms with E-state index >= 15 is 0 Å². The van der Waals surface area contributed by atoms with Gasteiger partial charge in [-0.1, -0.05) is 23.2 Å². The van der Waals surface area contributed by atoms with E-state index in [1.807, 2.05) is 0 Å². The summed E-state index contributed by atoms with van der Waals surface area (Å²) in [5.74, 6) is 0.743. The molecule has 4 nitrogen and oxygen atoms in total. The molecule has 0 radical (unpaired) electrons. The number of halogens is 2. The van der Waals surface area contributed by atoms with Gasteiger partial charge in [-0.3, -0.25) is 0 Å². The molecule has 0 aliphatic heterocycles. The van der Waals surface area contributed by atoms with Gasteiger partial charge in [0.2, 0.25) is 0 Å². The summed E-state index contributed by atoms with van der Waals surface area (Å²) >= 11 is 11.7. The second-order valence-electron chi connectivity index (χ2n) is 3.39. The lowest BCUT2D eigenvalue weighted by Gasteiger charge is -2.21. The molecule has 1 aromatic rings. The molecule has 3 N–H and O–H groups in total. The van der Waals surface area contributed by atoms with Gasteiger partial charge in [0, 0.05) is 13.6 Å². The molecular weight excluding hydrogens is 237 g/mol. The van der Waals surface area contributed by atoms with Gasteiger partial charge in [-0.2, -0.15) is 0 Å². The van der Waals surface area contributed by atoms with Crippen molar-refractivity contribution in [3.8, 4) is 0 Å². The molecule has 1 unspecified atom stereocenters.